The third kappa shape index (κ3) is 3.00. The van der Waals surface area contributed by atoms with E-state index in [1.54, 1.807) is 0 Å². The summed E-state index contributed by atoms with van der Waals surface area (Å²) in [5.74, 6) is 0.639. The van der Waals surface area contributed by atoms with Crippen molar-refractivity contribution in [2.24, 2.45) is 0 Å². The molecule has 2 fully saturated rings. The molecule has 1 saturated heterocycles. The lowest BCUT2D eigenvalue weighted by Crippen LogP contribution is -2.35. The highest BCUT2D eigenvalue weighted by molar-refractivity contribution is 5.92. The van der Waals surface area contributed by atoms with Crippen LogP contribution >= 0.6 is 0 Å². The molecule has 0 unspecified atom stereocenters. The summed E-state index contributed by atoms with van der Waals surface area (Å²) in [5, 5.41) is 7.27. The predicted octanol–water partition coefficient (Wildman–Crippen LogP) is 2.34. The summed E-state index contributed by atoms with van der Waals surface area (Å²) in [6.07, 6.45) is 7.11. The molecule has 1 N–H and O–H groups in total. The minimum absolute atomic E-state index is 0.0476. The molecule has 0 spiro atoms. The van der Waals surface area contributed by atoms with E-state index in [4.69, 9.17) is 0 Å². The molecule has 1 amide bonds. The number of rotatable bonds is 3. The Morgan fingerprint density at radius 3 is 2.92 bits per heavy atom. The Bertz CT molecular complexity index is 737. The van der Waals surface area contributed by atoms with Crippen LogP contribution in [0.2, 0.25) is 0 Å². The monoisotopic (exact) mass is 325 g/mol. The fourth-order valence-electron chi connectivity index (χ4n) is 3.39. The van der Waals surface area contributed by atoms with E-state index in [1.807, 2.05) is 23.4 Å². The molecule has 6 heteroatoms. The lowest BCUT2D eigenvalue weighted by atomic mass is 10.2. The van der Waals surface area contributed by atoms with Gasteiger partial charge in [0.05, 0.1) is 0 Å². The van der Waals surface area contributed by atoms with E-state index in [0.717, 1.165) is 38.3 Å². The van der Waals surface area contributed by atoms with Crippen LogP contribution in [0.5, 0.6) is 0 Å². The molecule has 2 aromatic rings. The van der Waals surface area contributed by atoms with Crippen molar-refractivity contribution in [3.63, 3.8) is 0 Å². The number of carbonyl (C=O) groups is 1. The molecule has 0 bridgehead atoms. The van der Waals surface area contributed by atoms with Gasteiger partial charge in [0.15, 0.2) is 0 Å². The van der Waals surface area contributed by atoms with Crippen LogP contribution in [-0.4, -0.2) is 52.2 Å². The van der Waals surface area contributed by atoms with Crippen LogP contribution in [0.1, 0.15) is 46.9 Å². The molecule has 24 heavy (non-hydrogen) atoms. The Kier molecular flexibility index (Phi) is 3.96. The molecular weight excluding hydrogens is 302 g/mol. The van der Waals surface area contributed by atoms with Crippen LogP contribution in [0.15, 0.2) is 24.5 Å². The second-order valence-corrected chi connectivity index (χ2v) is 6.78. The summed E-state index contributed by atoms with van der Waals surface area (Å²) in [6, 6.07) is 4.00. The molecule has 0 radical (unpaired) electrons. The number of aromatic amines is 1. The second-order valence-electron chi connectivity index (χ2n) is 6.78. The first-order valence-electron chi connectivity index (χ1n) is 8.72. The number of carbonyl (C=O) groups excluding carboxylic acids is 1. The van der Waals surface area contributed by atoms with E-state index in [2.05, 4.69) is 33.1 Å². The zero-order valence-corrected chi connectivity index (χ0v) is 14.0. The van der Waals surface area contributed by atoms with Gasteiger partial charge in [0.1, 0.15) is 5.69 Å². The summed E-state index contributed by atoms with van der Waals surface area (Å²) < 4.78 is 0. The largest absolute Gasteiger partial charge is 0.369 e. The first-order valence-corrected chi connectivity index (χ1v) is 8.72. The molecule has 3 heterocycles. The molecule has 1 aliphatic heterocycles. The molecular formula is C18H23N5O. The average molecular weight is 325 g/mol. The number of hydrogen-bond acceptors (Lipinski definition) is 4. The molecule has 1 aliphatic carbocycles. The van der Waals surface area contributed by atoms with Gasteiger partial charge in [-0.25, -0.2) is 0 Å². The highest BCUT2D eigenvalue weighted by atomic mass is 16.2. The molecule has 6 nitrogen and oxygen atoms in total. The van der Waals surface area contributed by atoms with Crippen molar-refractivity contribution >= 4 is 11.6 Å². The van der Waals surface area contributed by atoms with Crippen LogP contribution < -0.4 is 4.90 Å². The number of nitrogens with one attached hydrogen (secondary N) is 1. The third-order valence-electron chi connectivity index (χ3n) is 4.95. The van der Waals surface area contributed by atoms with Gasteiger partial charge in [-0.05, 0) is 43.9 Å². The standard InChI is InChI=1S/C18H23N5O/c1-13-12-19-6-5-17(13)22-7-2-8-23(10-9-22)18(24)16-11-15(20-21-16)14-3-4-14/h5-6,11-12,14H,2-4,7-10H2,1H3,(H,20,21). The lowest BCUT2D eigenvalue weighted by Gasteiger charge is -2.24. The number of amides is 1. The number of aromatic nitrogens is 3. The molecule has 2 aliphatic rings. The Labute approximate surface area is 141 Å². The van der Waals surface area contributed by atoms with Crippen molar-refractivity contribution in [2.75, 3.05) is 31.1 Å². The van der Waals surface area contributed by atoms with Gasteiger partial charge < -0.3 is 9.80 Å². The maximum Gasteiger partial charge on any atom is 0.274 e. The molecule has 0 atom stereocenters. The number of anilines is 1. The summed E-state index contributed by atoms with van der Waals surface area (Å²) in [5.41, 5.74) is 4.07. The van der Waals surface area contributed by atoms with Gasteiger partial charge in [0.2, 0.25) is 0 Å². The summed E-state index contributed by atoms with van der Waals surface area (Å²) in [4.78, 5) is 21.2. The van der Waals surface area contributed by atoms with Gasteiger partial charge in [-0.15, -0.1) is 0 Å². The van der Waals surface area contributed by atoms with Gasteiger partial charge in [-0.3, -0.25) is 14.9 Å². The molecule has 126 valence electrons. The maximum atomic E-state index is 12.7. The van der Waals surface area contributed by atoms with Crippen molar-refractivity contribution < 1.29 is 4.79 Å². The Balaban J connectivity index is 1.44. The number of hydrogen-bond donors (Lipinski definition) is 1. The van der Waals surface area contributed by atoms with E-state index in [-0.39, 0.29) is 5.91 Å². The van der Waals surface area contributed by atoms with Gasteiger partial charge in [-0.1, -0.05) is 0 Å². The number of aryl methyl sites for hydroxylation is 1. The van der Waals surface area contributed by atoms with E-state index >= 15 is 0 Å². The lowest BCUT2D eigenvalue weighted by molar-refractivity contribution is 0.0761. The molecule has 4 rings (SSSR count). The van der Waals surface area contributed by atoms with Gasteiger partial charge >= 0.3 is 0 Å². The summed E-state index contributed by atoms with van der Waals surface area (Å²) in [6.45, 7) is 5.40. The smallest absolute Gasteiger partial charge is 0.274 e. The number of pyridine rings is 1. The Hall–Kier alpha value is -2.37. The van der Waals surface area contributed by atoms with Crippen LogP contribution in [0.25, 0.3) is 0 Å². The summed E-state index contributed by atoms with van der Waals surface area (Å²) >= 11 is 0. The van der Waals surface area contributed by atoms with Gasteiger partial charge in [0.25, 0.3) is 5.91 Å². The first-order chi connectivity index (χ1) is 11.7. The topological polar surface area (TPSA) is 65.1 Å². The van der Waals surface area contributed by atoms with Crippen LogP contribution in [-0.2, 0) is 0 Å². The minimum Gasteiger partial charge on any atom is -0.369 e. The average Bonchev–Trinajstić information content (AvgIpc) is 3.37. The van der Waals surface area contributed by atoms with E-state index in [1.165, 1.54) is 24.1 Å². The first kappa shape index (κ1) is 15.2. The molecule has 2 aromatic heterocycles. The van der Waals surface area contributed by atoms with Gasteiger partial charge in [0, 0.05) is 55.9 Å². The zero-order chi connectivity index (χ0) is 16.5. The Morgan fingerprint density at radius 2 is 2.12 bits per heavy atom. The van der Waals surface area contributed by atoms with Crippen LogP contribution in [0, 0.1) is 6.92 Å². The third-order valence-corrected chi connectivity index (χ3v) is 4.95. The minimum atomic E-state index is 0.0476. The van der Waals surface area contributed by atoms with Crippen molar-refractivity contribution in [1.29, 1.82) is 0 Å². The van der Waals surface area contributed by atoms with Gasteiger partial charge in [-0.2, -0.15) is 5.10 Å². The van der Waals surface area contributed by atoms with E-state index in [9.17, 15) is 4.79 Å². The SMILES string of the molecule is Cc1cnccc1N1CCCN(C(=O)c2cc(C3CC3)[nH]n2)CC1. The fraction of sp³-hybridized carbons (Fsp3) is 0.500. The second kappa shape index (κ2) is 6.26. The number of H-pyrrole nitrogens is 1. The van der Waals surface area contributed by atoms with E-state index < -0.39 is 0 Å². The van der Waals surface area contributed by atoms with Crippen LogP contribution in [0.3, 0.4) is 0 Å². The highest BCUT2D eigenvalue weighted by Gasteiger charge is 2.28. The van der Waals surface area contributed by atoms with Crippen molar-refractivity contribution in [2.45, 2.75) is 32.1 Å². The molecule has 1 saturated carbocycles. The van der Waals surface area contributed by atoms with Crippen molar-refractivity contribution in [3.05, 3.63) is 41.5 Å². The predicted molar refractivity (Wildman–Crippen MR) is 92.3 cm³/mol. The molecule has 0 aromatic carbocycles. The summed E-state index contributed by atoms with van der Waals surface area (Å²) in [7, 11) is 0. The normalized spacial score (nSPS) is 18.5. The van der Waals surface area contributed by atoms with E-state index in [0.29, 0.717) is 11.6 Å². The van der Waals surface area contributed by atoms with Crippen molar-refractivity contribution in [3.8, 4) is 0 Å². The zero-order valence-electron chi connectivity index (χ0n) is 14.0. The van der Waals surface area contributed by atoms with Crippen molar-refractivity contribution in [1.82, 2.24) is 20.1 Å². The quantitative estimate of drug-likeness (QED) is 0.941. The van der Waals surface area contributed by atoms with Crippen LogP contribution in [0.4, 0.5) is 5.69 Å². The number of nitrogens with zero attached hydrogens (tertiary/aromatic N) is 4. The highest BCUT2D eigenvalue weighted by Crippen LogP contribution is 2.39. The Morgan fingerprint density at radius 1 is 1.25 bits per heavy atom. The fourth-order valence-corrected chi connectivity index (χ4v) is 3.39. The maximum absolute atomic E-state index is 12.7.